The number of aliphatic carboxylic acids is 1. The molecular formula is C21H17BrN2O8S. The molecule has 1 N–H and O–H groups in total. The van der Waals surface area contributed by atoms with Crippen LogP contribution in [0.4, 0.5) is 10.5 Å². The molecule has 0 saturated carbocycles. The first-order valence-electron chi connectivity index (χ1n) is 9.49. The van der Waals surface area contributed by atoms with Crippen molar-refractivity contribution in [3.63, 3.8) is 0 Å². The van der Waals surface area contributed by atoms with Crippen LogP contribution in [0.5, 0.6) is 11.5 Å². The van der Waals surface area contributed by atoms with E-state index in [1.54, 1.807) is 31.2 Å². The number of imide groups is 1. The quantitative estimate of drug-likeness (QED) is 0.279. The lowest BCUT2D eigenvalue weighted by molar-refractivity contribution is -0.384. The minimum absolute atomic E-state index is 0.0212. The molecule has 33 heavy (non-hydrogen) atoms. The van der Waals surface area contributed by atoms with Gasteiger partial charge in [-0.25, -0.2) is 0 Å². The van der Waals surface area contributed by atoms with Crippen molar-refractivity contribution in [2.75, 3.05) is 13.2 Å². The van der Waals surface area contributed by atoms with Gasteiger partial charge in [0.2, 0.25) is 0 Å². The van der Waals surface area contributed by atoms with E-state index in [1.807, 2.05) is 0 Å². The molecular weight excluding hydrogens is 520 g/mol. The third kappa shape index (κ3) is 5.90. The number of carbonyl (C=O) groups excluding carboxylic acids is 2. The van der Waals surface area contributed by atoms with Crippen molar-refractivity contribution in [2.45, 2.75) is 13.5 Å². The van der Waals surface area contributed by atoms with Gasteiger partial charge in [-0.3, -0.25) is 29.4 Å². The molecule has 0 aromatic heterocycles. The summed E-state index contributed by atoms with van der Waals surface area (Å²) in [6.45, 7) is 1.55. The molecule has 1 aliphatic heterocycles. The Morgan fingerprint density at radius 2 is 1.94 bits per heavy atom. The maximum Gasteiger partial charge on any atom is 0.323 e. The van der Waals surface area contributed by atoms with Gasteiger partial charge in [0.25, 0.3) is 16.8 Å². The highest BCUT2D eigenvalue weighted by Crippen LogP contribution is 2.39. The van der Waals surface area contributed by atoms with E-state index in [9.17, 15) is 24.5 Å². The summed E-state index contributed by atoms with van der Waals surface area (Å²) < 4.78 is 12.1. The van der Waals surface area contributed by atoms with Crippen LogP contribution in [-0.4, -0.2) is 45.2 Å². The molecule has 1 fully saturated rings. The van der Waals surface area contributed by atoms with Gasteiger partial charge in [0.1, 0.15) is 13.2 Å². The average Bonchev–Trinajstić information content (AvgIpc) is 3.00. The zero-order valence-corrected chi connectivity index (χ0v) is 19.6. The number of rotatable bonds is 9. The number of carbonyl (C=O) groups is 3. The van der Waals surface area contributed by atoms with Crippen LogP contribution < -0.4 is 9.47 Å². The van der Waals surface area contributed by atoms with E-state index in [-0.39, 0.29) is 17.2 Å². The number of carboxylic acids is 1. The van der Waals surface area contributed by atoms with Crippen LogP contribution in [0.3, 0.4) is 0 Å². The smallest absolute Gasteiger partial charge is 0.323 e. The van der Waals surface area contributed by atoms with Crippen LogP contribution in [-0.2, 0) is 16.2 Å². The Kier molecular flexibility index (Phi) is 7.71. The van der Waals surface area contributed by atoms with Crippen LogP contribution in [0.15, 0.2) is 45.8 Å². The van der Waals surface area contributed by atoms with Crippen LogP contribution in [0, 0.1) is 10.1 Å². The summed E-state index contributed by atoms with van der Waals surface area (Å²) in [7, 11) is 0. The number of nitro benzene ring substituents is 1. The second kappa shape index (κ2) is 10.5. The summed E-state index contributed by atoms with van der Waals surface area (Å²) in [5, 5.41) is 19.0. The number of amides is 2. The van der Waals surface area contributed by atoms with Crippen LogP contribution in [0.1, 0.15) is 18.1 Å². The lowest BCUT2D eigenvalue weighted by Gasteiger charge is -2.15. The minimum atomic E-state index is -1.28. The highest BCUT2D eigenvalue weighted by molar-refractivity contribution is 9.10. The molecule has 1 aliphatic rings. The predicted molar refractivity (Wildman–Crippen MR) is 123 cm³/mol. The Hall–Kier alpha value is -3.38. The van der Waals surface area contributed by atoms with Crippen LogP contribution in [0.25, 0.3) is 6.08 Å². The molecule has 2 aromatic carbocycles. The summed E-state index contributed by atoms with van der Waals surface area (Å²) >= 11 is 4.08. The first-order valence-corrected chi connectivity index (χ1v) is 11.1. The largest absolute Gasteiger partial charge is 0.490 e. The molecule has 0 radical (unpaired) electrons. The maximum atomic E-state index is 12.4. The number of ether oxygens (including phenoxy) is 2. The minimum Gasteiger partial charge on any atom is -0.490 e. The summed E-state index contributed by atoms with van der Waals surface area (Å²) in [6, 6.07) is 9.25. The summed E-state index contributed by atoms with van der Waals surface area (Å²) in [5.74, 6) is -1.19. The number of nitro groups is 1. The zero-order valence-electron chi connectivity index (χ0n) is 17.1. The monoisotopic (exact) mass is 536 g/mol. The first kappa shape index (κ1) is 24.3. The van der Waals surface area contributed by atoms with E-state index in [0.29, 0.717) is 50.4 Å². The van der Waals surface area contributed by atoms with Crippen molar-refractivity contribution in [3.05, 3.63) is 67.0 Å². The van der Waals surface area contributed by atoms with E-state index in [2.05, 4.69) is 15.9 Å². The van der Waals surface area contributed by atoms with Crippen molar-refractivity contribution < 1.29 is 33.9 Å². The molecule has 1 saturated heterocycles. The normalized spacial score (nSPS) is 14.6. The maximum absolute atomic E-state index is 12.4. The van der Waals surface area contributed by atoms with Gasteiger partial charge in [0.05, 0.1) is 20.9 Å². The SMILES string of the molecule is CCOc1cc(/C=C2/SC(=O)N(CC(=O)O)C2=O)cc(Br)c1OCc1ccc([N+](=O)[O-])cc1. The van der Waals surface area contributed by atoms with Gasteiger partial charge in [0, 0.05) is 12.1 Å². The molecule has 10 nitrogen and oxygen atoms in total. The lowest BCUT2D eigenvalue weighted by Crippen LogP contribution is -2.33. The number of non-ortho nitro benzene ring substituents is 1. The Balaban J connectivity index is 1.83. The van der Waals surface area contributed by atoms with Crippen molar-refractivity contribution in [2.24, 2.45) is 0 Å². The van der Waals surface area contributed by atoms with Gasteiger partial charge < -0.3 is 14.6 Å². The number of halogens is 1. The van der Waals surface area contributed by atoms with Crippen molar-refractivity contribution >= 4 is 56.6 Å². The van der Waals surface area contributed by atoms with E-state index in [1.165, 1.54) is 18.2 Å². The molecule has 0 aliphatic carbocycles. The summed E-state index contributed by atoms with van der Waals surface area (Å²) in [6.07, 6.45) is 1.47. The molecule has 12 heteroatoms. The van der Waals surface area contributed by atoms with Gasteiger partial charge in [0.15, 0.2) is 11.5 Å². The van der Waals surface area contributed by atoms with Gasteiger partial charge in [-0.15, -0.1) is 0 Å². The Morgan fingerprint density at radius 1 is 1.24 bits per heavy atom. The highest BCUT2D eigenvalue weighted by atomic mass is 79.9. The van der Waals surface area contributed by atoms with E-state index in [0.717, 1.165) is 0 Å². The van der Waals surface area contributed by atoms with Crippen molar-refractivity contribution in [3.8, 4) is 11.5 Å². The number of thioether (sulfide) groups is 1. The second-order valence-electron chi connectivity index (χ2n) is 6.64. The predicted octanol–water partition coefficient (Wildman–Crippen LogP) is 4.46. The number of carboxylic acid groups (broad SMARTS) is 1. The molecule has 3 rings (SSSR count). The average molecular weight is 537 g/mol. The number of benzene rings is 2. The Morgan fingerprint density at radius 3 is 2.55 bits per heavy atom. The molecule has 0 bridgehead atoms. The molecule has 1 heterocycles. The fourth-order valence-corrected chi connectivity index (χ4v) is 4.28. The van der Waals surface area contributed by atoms with E-state index >= 15 is 0 Å². The van der Waals surface area contributed by atoms with Gasteiger partial charge in [-0.1, -0.05) is 0 Å². The molecule has 2 aromatic rings. The molecule has 0 spiro atoms. The fraction of sp³-hybridized carbons (Fsp3) is 0.190. The van der Waals surface area contributed by atoms with Gasteiger partial charge >= 0.3 is 5.97 Å². The number of hydrogen-bond donors (Lipinski definition) is 1. The van der Waals surface area contributed by atoms with E-state index < -0.39 is 28.6 Å². The third-order valence-electron chi connectivity index (χ3n) is 4.33. The molecule has 0 atom stereocenters. The van der Waals surface area contributed by atoms with Crippen molar-refractivity contribution in [1.29, 1.82) is 0 Å². The molecule has 172 valence electrons. The zero-order chi connectivity index (χ0) is 24.1. The summed E-state index contributed by atoms with van der Waals surface area (Å²) in [5.41, 5.74) is 1.23. The van der Waals surface area contributed by atoms with Gasteiger partial charge in [-0.05, 0) is 76.1 Å². The first-order chi connectivity index (χ1) is 15.7. The van der Waals surface area contributed by atoms with E-state index in [4.69, 9.17) is 14.6 Å². The standard InChI is InChI=1S/C21H17BrN2O8S/c1-2-31-16-8-13(9-17-20(27)23(10-18(25)26)21(28)33-17)7-15(22)19(16)32-11-12-3-5-14(6-4-12)24(29)30/h3-9H,2,10-11H2,1H3,(H,25,26)/b17-9+. The highest BCUT2D eigenvalue weighted by Gasteiger charge is 2.36. The topological polar surface area (TPSA) is 136 Å². The second-order valence-corrected chi connectivity index (χ2v) is 8.48. The number of hydrogen-bond acceptors (Lipinski definition) is 8. The van der Waals surface area contributed by atoms with Crippen LogP contribution >= 0.6 is 27.7 Å². The summed E-state index contributed by atoms with van der Waals surface area (Å²) in [4.78, 5) is 46.3. The lowest BCUT2D eigenvalue weighted by atomic mass is 10.1. The Bertz CT molecular complexity index is 1150. The van der Waals surface area contributed by atoms with Gasteiger partial charge in [-0.2, -0.15) is 0 Å². The third-order valence-corrected chi connectivity index (χ3v) is 5.82. The number of nitrogens with zero attached hydrogens (tertiary/aromatic N) is 2. The molecule has 0 unspecified atom stereocenters. The Labute approximate surface area is 200 Å². The molecule has 2 amide bonds. The fourth-order valence-electron chi connectivity index (χ4n) is 2.87. The van der Waals surface area contributed by atoms with Crippen LogP contribution in [0.2, 0.25) is 0 Å². The van der Waals surface area contributed by atoms with Crippen molar-refractivity contribution in [1.82, 2.24) is 4.90 Å².